The molecule has 3 aromatic rings. The van der Waals surface area contributed by atoms with Crippen LogP contribution >= 0.6 is 11.6 Å². The molecular weight excluding hydrogens is 424 g/mol. The Labute approximate surface area is 194 Å². The van der Waals surface area contributed by atoms with Gasteiger partial charge in [0.15, 0.2) is 0 Å². The van der Waals surface area contributed by atoms with E-state index < -0.39 is 11.7 Å². The van der Waals surface area contributed by atoms with Gasteiger partial charge in [0, 0.05) is 29.2 Å². The molecule has 0 heterocycles. The van der Waals surface area contributed by atoms with Gasteiger partial charge in [-0.3, -0.25) is 4.90 Å². The van der Waals surface area contributed by atoms with E-state index in [1.54, 1.807) is 11.0 Å². The summed E-state index contributed by atoms with van der Waals surface area (Å²) in [5.74, 6) is 0.639. The Morgan fingerprint density at radius 1 is 1.09 bits per heavy atom. The number of ether oxygens (including phenoxy) is 2. The summed E-state index contributed by atoms with van der Waals surface area (Å²) in [6.07, 6.45) is 1.24. The van der Waals surface area contributed by atoms with Crippen LogP contribution in [-0.2, 0) is 11.3 Å². The molecule has 2 N–H and O–H groups in total. The molecule has 168 valence electrons. The van der Waals surface area contributed by atoms with Crippen LogP contribution in [0.2, 0.25) is 0 Å². The highest BCUT2D eigenvalue weighted by Gasteiger charge is 2.25. The number of halogens is 1. The molecule has 0 unspecified atom stereocenters. The van der Waals surface area contributed by atoms with Crippen molar-refractivity contribution in [1.82, 2.24) is 0 Å². The number of nitrogen functional groups attached to an aromatic ring is 1. The van der Waals surface area contributed by atoms with Gasteiger partial charge in [-0.15, -0.1) is 0 Å². The smallest absolute Gasteiger partial charge is 0.415 e. The number of carbonyl (C=O) groups excluding carboxylic acids is 1. The normalized spacial score (nSPS) is 11.7. The number of anilines is 2. The Morgan fingerprint density at radius 2 is 1.81 bits per heavy atom. The lowest BCUT2D eigenvalue weighted by Gasteiger charge is -2.28. The fourth-order valence-electron chi connectivity index (χ4n) is 3.41. The van der Waals surface area contributed by atoms with Crippen molar-refractivity contribution in [3.63, 3.8) is 0 Å². The van der Waals surface area contributed by atoms with Gasteiger partial charge in [-0.2, -0.15) is 0 Å². The SMILES string of the molecule is Cc1c(N(C/C=C/Cl)C(=O)OC(C)(C)C)cc(OCc2ccccc2)c2cc(N)ccc12. The van der Waals surface area contributed by atoms with E-state index in [9.17, 15) is 4.79 Å². The van der Waals surface area contributed by atoms with Crippen molar-refractivity contribution in [2.45, 2.75) is 39.9 Å². The highest BCUT2D eigenvalue weighted by atomic mass is 35.5. The number of aryl methyl sites for hydroxylation is 1. The summed E-state index contributed by atoms with van der Waals surface area (Å²) in [6.45, 7) is 8.14. The lowest BCUT2D eigenvalue weighted by atomic mass is 10.0. The fraction of sp³-hybridized carbons (Fsp3) is 0.269. The molecular formula is C26H29ClN2O3. The first-order valence-electron chi connectivity index (χ1n) is 10.4. The summed E-state index contributed by atoms with van der Waals surface area (Å²) >= 11 is 5.77. The maximum atomic E-state index is 13.1. The van der Waals surface area contributed by atoms with Crippen molar-refractivity contribution < 1.29 is 14.3 Å². The zero-order valence-corrected chi connectivity index (χ0v) is 19.6. The number of benzene rings is 3. The number of nitrogens with two attached hydrogens (primary N) is 1. The molecule has 0 aliphatic heterocycles. The molecule has 0 spiro atoms. The van der Waals surface area contributed by atoms with Crippen LogP contribution in [0.5, 0.6) is 5.75 Å². The molecule has 3 aromatic carbocycles. The zero-order valence-electron chi connectivity index (χ0n) is 18.9. The largest absolute Gasteiger partial charge is 0.488 e. The number of hydrogen-bond acceptors (Lipinski definition) is 4. The molecule has 32 heavy (non-hydrogen) atoms. The van der Waals surface area contributed by atoms with E-state index >= 15 is 0 Å². The Hall–Kier alpha value is -3.18. The van der Waals surface area contributed by atoms with Gasteiger partial charge >= 0.3 is 6.09 Å². The van der Waals surface area contributed by atoms with E-state index in [-0.39, 0.29) is 6.54 Å². The summed E-state index contributed by atoms with van der Waals surface area (Å²) in [7, 11) is 0. The first-order valence-corrected chi connectivity index (χ1v) is 10.9. The third kappa shape index (κ3) is 5.74. The van der Waals surface area contributed by atoms with Crippen molar-refractivity contribution in [2.24, 2.45) is 0 Å². The Bertz CT molecular complexity index is 1120. The van der Waals surface area contributed by atoms with Crippen LogP contribution < -0.4 is 15.4 Å². The monoisotopic (exact) mass is 452 g/mol. The van der Waals surface area contributed by atoms with Crippen molar-refractivity contribution in [2.75, 3.05) is 17.2 Å². The molecule has 6 heteroatoms. The average molecular weight is 453 g/mol. The summed E-state index contributed by atoms with van der Waals surface area (Å²) in [5.41, 5.74) is 10.1. The molecule has 0 radical (unpaired) electrons. The van der Waals surface area contributed by atoms with Gasteiger partial charge in [0.2, 0.25) is 0 Å². The van der Waals surface area contributed by atoms with Gasteiger partial charge in [0.1, 0.15) is 18.0 Å². The second kappa shape index (κ2) is 9.96. The van der Waals surface area contributed by atoms with E-state index in [1.165, 1.54) is 5.54 Å². The summed E-state index contributed by atoms with van der Waals surface area (Å²) in [5, 5.41) is 1.84. The van der Waals surface area contributed by atoms with Crippen molar-refractivity contribution in [1.29, 1.82) is 0 Å². The number of amides is 1. The fourth-order valence-corrected chi connectivity index (χ4v) is 3.49. The van der Waals surface area contributed by atoms with Crippen molar-refractivity contribution >= 4 is 39.8 Å². The van der Waals surface area contributed by atoms with Crippen LogP contribution in [0.4, 0.5) is 16.2 Å². The number of nitrogens with zero attached hydrogens (tertiary/aromatic N) is 1. The van der Waals surface area contributed by atoms with Crippen LogP contribution in [0.25, 0.3) is 10.8 Å². The molecule has 5 nitrogen and oxygen atoms in total. The summed E-state index contributed by atoms with van der Waals surface area (Å²) in [6, 6.07) is 17.5. The van der Waals surface area contributed by atoms with Crippen LogP contribution in [-0.4, -0.2) is 18.2 Å². The minimum atomic E-state index is -0.633. The maximum absolute atomic E-state index is 13.1. The first-order chi connectivity index (χ1) is 15.2. The van der Waals surface area contributed by atoms with Gasteiger partial charge in [-0.05, 0) is 56.3 Å². The molecule has 0 aliphatic carbocycles. The Morgan fingerprint density at radius 3 is 2.47 bits per heavy atom. The summed E-state index contributed by atoms with van der Waals surface area (Å²) in [4.78, 5) is 14.6. The average Bonchev–Trinajstić information content (AvgIpc) is 2.74. The first kappa shape index (κ1) is 23.5. The van der Waals surface area contributed by atoms with Gasteiger partial charge < -0.3 is 15.2 Å². The van der Waals surface area contributed by atoms with Crippen molar-refractivity contribution in [3.05, 3.63) is 77.3 Å². The quantitative estimate of drug-likeness (QED) is 0.417. The maximum Gasteiger partial charge on any atom is 0.415 e. The molecule has 0 aromatic heterocycles. The predicted octanol–water partition coefficient (Wildman–Crippen LogP) is 6.80. The minimum Gasteiger partial charge on any atom is -0.488 e. The molecule has 0 bridgehead atoms. The number of carbonyl (C=O) groups is 1. The van der Waals surface area contributed by atoms with Gasteiger partial charge in [0.25, 0.3) is 0 Å². The molecule has 0 fully saturated rings. The van der Waals surface area contributed by atoms with Crippen LogP contribution in [0.3, 0.4) is 0 Å². The molecule has 0 saturated carbocycles. The number of hydrogen-bond donors (Lipinski definition) is 1. The Balaban J connectivity index is 2.10. The van der Waals surface area contributed by atoms with Crippen molar-refractivity contribution in [3.8, 4) is 5.75 Å². The van der Waals surface area contributed by atoms with Crippen LogP contribution in [0.1, 0.15) is 31.9 Å². The van der Waals surface area contributed by atoms with E-state index in [4.69, 9.17) is 26.8 Å². The van der Waals surface area contributed by atoms with Gasteiger partial charge in [0.05, 0.1) is 5.69 Å². The van der Waals surface area contributed by atoms with E-state index in [0.29, 0.717) is 23.7 Å². The minimum absolute atomic E-state index is 0.262. The predicted molar refractivity (Wildman–Crippen MR) is 132 cm³/mol. The topological polar surface area (TPSA) is 64.8 Å². The third-order valence-corrected chi connectivity index (χ3v) is 5.06. The molecule has 0 saturated heterocycles. The summed E-state index contributed by atoms with van der Waals surface area (Å²) < 4.78 is 11.9. The number of fused-ring (bicyclic) bond motifs is 1. The van der Waals surface area contributed by atoms with E-state index in [2.05, 4.69) is 0 Å². The number of rotatable bonds is 6. The third-order valence-electron chi connectivity index (χ3n) is 4.88. The standard InChI is InChI=1S/C26H29ClN2O3/c1-18-21-12-11-20(28)15-22(21)24(31-17-19-9-6-5-7-10-19)16-23(18)29(14-8-13-27)25(30)32-26(2,3)4/h5-13,15-16H,14,17,28H2,1-4H3/b13-8+. The van der Waals surface area contributed by atoms with E-state index in [0.717, 1.165) is 21.9 Å². The highest BCUT2D eigenvalue weighted by molar-refractivity contribution is 6.25. The molecule has 0 atom stereocenters. The van der Waals surface area contributed by atoms with Crippen LogP contribution in [0.15, 0.2) is 66.2 Å². The lowest BCUT2D eigenvalue weighted by molar-refractivity contribution is 0.0584. The molecule has 1 amide bonds. The molecule has 3 rings (SSSR count). The van der Waals surface area contributed by atoms with Gasteiger partial charge in [-0.1, -0.05) is 54.1 Å². The Kier molecular flexibility index (Phi) is 7.31. The van der Waals surface area contributed by atoms with Gasteiger partial charge in [-0.25, -0.2) is 4.79 Å². The second-order valence-corrected chi connectivity index (χ2v) is 8.80. The second-order valence-electron chi connectivity index (χ2n) is 8.55. The van der Waals surface area contributed by atoms with Crippen LogP contribution in [0, 0.1) is 6.92 Å². The zero-order chi connectivity index (χ0) is 23.3. The van der Waals surface area contributed by atoms with E-state index in [1.807, 2.05) is 82.3 Å². The lowest BCUT2D eigenvalue weighted by Crippen LogP contribution is -2.37. The molecule has 0 aliphatic rings. The highest BCUT2D eigenvalue weighted by Crippen LogP contribution is 2.38.